The second-order valence-electron chi connectivity index (χ2n) is 2.09. The Balaban J connectivity index is 2.56. The van der Waals surface area contributed by atoms with Crippen LogP contribution in [0.2, 0.25) is 0 Å². The molecule has 0 spiro atoms. The highest BCUT2D eigenvalue weighted by atomic mass is 32.3. The van der Waals surface area contributed by atoms with Gasteiger partial charge in [0.15, 0.2) is 0 Å². The highest BCUT2D eigenvalue weighted by Crippen LogP contribution is 2.02. The van der Waals surface area contributed by atoms with E-state index in [9.17, 15) is 12.3 Å². The van der Waals surface area contributed by atoms with E-state index >= 15 is 0 Å². The fourth-order valence-corrected chi connectivity index (χ4v) is 1.48. The smallest absolute Gasteiger partial charge is 0.314 e. The van der Waals surface area contributed by atoms with Crippen molar-refractivity contribution < 1.29 is 12.3 Å². The van der Waals surface area contributed by atoms with E-state index in [1.165, 1.54) is 0 Å². The zero-order chi connectivity index (χ0) is 7.61. The number of hydrogen-bond donors (Lipinski definition) is 1. The fourth-order valence-electron chi connectivity index (χ4n) is 0.862. The molecule has 1 aliphatic rings. The summed E-state index contributed by atoms with van der Waals surface area (Å²) >= 11 is 0. The zero-order valence-electron chi connectivity index (χ0n) is 5.38. The number of hydrogen-bond acceptors (Lipinski definition) is 3. The maximum Gasteiger partial charge on any atom is 0.374 e. The van der Waals surface area contributed by atoms with E-state index < -0.39 is 10.4 Å². The van der Waals surface area contributed by atoms with Crippen molar-refractivity contribution in [3.8, 4) is 0 Å². The molecular formula is C4H9FN2O2S. The summed E-state index contributed by atoms with van der Waals surface area (Å²) in [4.78, 5) is 0. The fraction of sp³-hybridized carbons (Fsp3) is 1.00. The molecule has 0 aromatic rings. The SMILES string of the molecule is O=S(=O)(F)N1CCNCC1. The standard InChI is InChI=1S/C4H9FN2O2S/c5-10(8,9)7-3-1-6-2-4-7/h6H,1-4H2. The van der Waals surface area contributed by atoms with Crippen LogP contribution in [0.1, 0.15) is 0 Å². The molecular weight excluding hydrogens is 159 g/mol. The maximum absolute atomic E-state index is 12.1. The number of piperazine rings is 1. The van der Waals surface area contributed by atoms with Gasteiger partial charge < -0.3 is 5.32 Å². The van der Waals surface area contributed by atoms with E-state index in [1.54, 1.807) is 0 Å². The Morgan fingerprint density at radius 2 is 1.80 bits per heavy atom. The average Bonchev–Trinajstić information content (AvgIpc) is 1.88. The molecule has 1 saturated heterocycles. The maximum atomic E-state index is 12.1. The van der Waals surface area contributed by atoms with Crippen molar-refractivity contribution in [1.82, 2.24) is 9.62 Å². The highest BCUT2D eigenvalue weighted by molar-refractivity contribution is 7.83. The largest absolute Gasteiger partial charge is 0.374 e. The van der Waals surface area contributed by atoms with Crippen molar-refractivity contribution in [2.75, 3.05) is 26.2 Å². The third kappa shape index (κ3) is 1.89. The van der Waals surface area contributed by atoms with Crippen LogP contribution in [0.4, 0.5) is 3.89 Å². The number of nitrogens with zero attached hydrogens (tertiary/aromatic N) is 1. The lowest BCUT2D eigenvalue weighted by Gasteiger charge is -2.22. The van der Waals surface area contributed by atoms with Crippen LogP contribution in [-0.4, -0.2) is 38.9 Å². The van der Waals surface area contributed by atoms with Gasteiger partial charge in [-0.2, -0.15) is 12.7 Å². The quantitative estimate of drug-likeness (QED) is 0.516. The van der Waals surface area contributed by atoms with Crippen LogP contribution in [0.3, 0.4) is 0 Å². The summed E-state index contributed by atoms with van der Waals surface area (Å²) in [7, 11) is -4.43. The summed E-state index contributed by atoms with van der Waals surface area (Å²) in [6.07, 6.45) is 0. The summed E-state index contributed by atoms with van der Waals surface area (Å²) in [5.41, 5.74) is 0. The molecule has 1 N–H and O–H groups in total. The van der Waals surface area contributed by atoms with Gasteiger partial charge in [-0.05, 0) is 0 Å². The Bertz CT molecular complexity index is 197. The van der Waals surface area contributed by atoms with Gasteiger partial charge in [0, 0.05) is 26.2 Å². The van der Waals surface area contributed by atoms with Crippen molar-refractivity contribution in [1.29, 1.82) is 0 Å². The van der Waals surface area contributed by atoms with Crippen molar-refractivity contribution in [2.45, 2.75) is 0 Å². The molecule has 1 fully saturated rings. The summed E-state index contributed by atoms with van der Waals surface area (Å²) < 4.78 is 33.4. The second-order valence-corrected chi connectivity index (χ2v) is 3.43. The van der Waals surface area contributed by atoms with Crippen LogP contribution in [0.25, 0.3) is 0 Å². The van der Waals surface area contributed by atoms with Gasteiger partial charge in [0.1, 0.15) is 0 Å². The van der Waals surface area contributed by atoms with E-state index in [2.05, 4.69) is 5.32 Å². The molecule has 1 aliphatic heterocycles. The molecule has 0 bridgehead atoms. The van der Waals surface area contributed by atoms with E-state index in [-0.39, 0.29) is 13.1 Å². The molecule has 0 aromatic carbocycles. The normalized spacial score (nSPS) is 22.9. The van der Waals surface area contributed by atoms with Gasteiger partial charge in [-0.3, -0.25) is 0 Å². The molecule has 60 valence electrons. The first-order chi connectivity index (χ1) is 4.61. The molecule has 0 unspecified atom stereocenters. The summed E-state index contributed by atoms with van der Waals surface area (Å²) in [6, 6.07) is 0. The zero-order valence-corrected chi connectivity index (χ0v) is 6.19. The first kappa shape index (κ1) is 7.90. The number of halogens is 1. The van der Waals surface area contributed by atoms with E-state index in [4.69, 9.17) is 0 Å². The Morgan fingerprint density at radius 3 is 2.10 bits per heavy atom. The molecule has 0 radical (unpaired) electrons. The molecule has 4 nitrogen and oxygen atoms in total. The topological polar surface area (TPSA) is 49.4 Å². The third-order valence-electron chi connectivity index (χ3n) is 1.38. The minimum atomic E-state index is -4.43. The number of rotatable bonds is 1. The van der Waals surface area contributed by atoms with Crippen LogP contribution in [0.15, 0.2) is 0 Å². The number of nitrogens with one attached hydrogen (secondary N) is 1. The lowest BCUT2D eigenvalue weighted by Crippen LogP contribution is -2.44. The van der Waals surface area contributed by atoms with Gasteiger partial charge in [-0.25, -0.2) is 0 Å². The van der Waals surface area contributed by atoms with E-state index in [0.29, 0.717) is 13.1 Å². The van der Waals surface area contributed by atoms with E-state index in [0.717, 1.165) is 4.31 Å². The lowest BCUT2D eigenvalue weighted by molar-refractivity contribution is 0.342. The Hall–Kier alpha value is -0.200. The summed E-state index contributed by atoms with van der Waals surface area (Å²) in [6.45, 7) is 1.53. The van der Waals surface area contributed by atoms with Gasteiger partial charge in [0.2, 0.25) is 0 Å². The van der Waals surface area contributed by atoms with Gasteiger partial charge in [0.05, 0.1) is 0 Å². The Labute approximate surface area is 59.4 Å². The van der Waals surface area contributed by atoms with Crippen LogP contribution in [0, 0.1) is 0 Å². The Morgan fingerprint density at radius 1 is 1.30 bits per heavy atom. The molecule has 0 aliphatic carbocycles. The molecule has 0 aromatic heterocycles. The molecule has 0 atom stereocenters. The van der Waals surface area contributed by atoms with E-state index in [1.807, 2.05) is 0 Å². The Kier molecular flexibility index (Phi) is 2.22. The van der Waals surface area contributed by atoms with Gasteiger partial charge in [0.25, 0.3) is 0 Å². The molecule has 1 heterocycles. The average molecular weight is 168 g/mol. The van der Waals surface area contributed by atoms with Crippen LogP contribution in [0.5, 0.6) is 0 Å². The highest BCUT2D eigenvalue weighted by Gasteiger charge is 2.21. The molecule has 1 rings (SSSR count). The second kappa shape index (κ2) is 2.81. The lowest BCUT2D eigenvalue weighted by atomic mass is 10.4. The summed E-state index contributed by atoms with van der Waals surface area (Å²) in [5, 5.41) is 2.91. The monoisotopic (exact) mass is 168 g/mol. The molecule has 6 heteroatoms. The molecule has 0 saturated carbocycles. The minimum Gasteiger partial charge on any atom is -0.314 e. The van der Waals surface area contributed by atoms with Crippen LogP contribution < -0.4 is 5.32 Å². The van der Waals surface area contributed by atoms with Crippen molar-refractivity contribution in [2.24, 2.45) is 0 Å². The predicted molar refractivity (Wildman–Crippen MR) is 34.5 cm³/mol. The van der Waals surface area contributed by atoms with Gasteiger partial charge in [-0.1, -0.05) is 3.89 Å². The van der Waals surface area contributed by atoms with Crippen molar-refractivity contribution in [3.05, 3.63) is 0 Å². The van der Waals surface area contributed by atoms with Crippen molar-refractivity contribution in [3.63, 3.8) is 0 Å². The van der Waals surface area contributed by atoms with Crippen LogP contribution >= 0.6 is 0 Å². The van der Waals surface area contributed by atoms with Gasteiger partial charge >= 0.3 is 10.4 Å². The van der Waals surface area contributed by atoms with Gasteiger partial charge in [-0.15, -0.1) is 0 Å². The first-order valence-corrected chi connectivity index (χ1v) is 4.35. The minimum absolute atomic E-state index is 0.235. The third-order valence-corrected chi connectivity index (χ3v) is 2.37. The predicted octanol–water partition coefficient (Wildman–Crippen LogP) is -0.894. The van der Waals surface area contributed by atoms with Crippen LogP contribution in [-0.2, 0) is 10.4 Å². The molecule has 0 amide bonds. The molecule has 10 heavy (non-hydrogen) atoms. The van der Waals surface area contributed by atoms with Crippen molar-refractivity contribution >= 4 is 10.4 Å². The first-order valence-electron chi connectivity index (χ1n) is 3.01. The summed E-state index contributed by atoms with van der Waals surface area (Å²) in [5.74, 6) is 0.